The summed E-state index contributed by atoms with van der Waals surface area (Å²) in [6.07, 6.45) is 25.9. The molecule has 144 valence electrons. The molecule has 5 unspecified atom stereocenters. The van der Waals surface area contributed by atoms with E-state index in [0.717, 1.165) is 30.7 Å². The molecule has 6 aliphatic carbocycles. The monoisotopic (exact) mass is 372 g/mol. The van der Waals surface area contributed by atoms with Gasteiger partial charge in [-0.1, -0.05) is 60.9 Å². The molecule has 0 aromatic carbocycles. The highest BCUT2D eigenvalue weighted by atomic mass is 16.4. The molecule has 0 amide bonds. The van der Waals surface area contributed by atoms with Gasteiger partial charge in [0.25, 0.3) is 0 Å². The number of hydrogen-bond donors (Lipinski definition) is 2. The molecule has 2 fully saturated rings. The Morgan fingerprint density at radius 3 is 2.75 bits per heavy atom. The van der Waals surface area contributed by atoms with Gasteiger partial charge in [-0.3, -0.25) is 0 Å². The summed E-state index contributed by atoms with van der Waals surface area (Å²) in [4.78, 5) is 0. The second kappa shape index (κ2) is 6.21. The molecule has 6 rings (SSSR count). The van der Waals surface area contributed by atoms with E-state index in [0.29, 0.717) is 17.8 Å². The van der Waals surface area contributed by atoms with Gasteiger partial charge >= 0.3 is 7.12 Å². The maximum Gasteiger partial charge on any atom is 0.484 e. The van der Waals surface area contributed by atoms with Gasteiger partial charge < -0.3 is 10.0 Å². The standard InChI is InChI=1S/C25H29BO2/c27-26(28)16-13-14-20-19-9-3-6-12-23(19)25(24(20)15-16)21-10-4-1-7-17(21)18-8-2-5-11-22(18)25/h1,3-4,7,9-10,15,17-18,21-22,27-28H,2,5-6,8,11-14H2. The fourth-order valence-corrected chi connectivity index (χ4v) is 7.87. The normalized spacial score (nSPS) is 40.4. The zero-order chi connectivity index (χ0) is 18.9. The summed E-state index contributed by atoms with van der Waals surface area (Å²) in [7, 11) is -1.32. The maximum atomic E-state index is 9.96. The van der Waals surface area contributed by atoms with Crippen LogP contribution in [-0.4, -0.2) is 17.2 Å². The van der Waals surface area contributed by atoms with Crippen LogP contribution in [0.4, 0.5) is 0 Å². The third-order valence-electron chi connectivity index (χ3n) is 8.69. The first kappa shape index (κ1) is 17.3. The van der Waals surface area contributed by atoms with Crippen molar-refractivity contribution in [3.8, 4) is 0 Å². The van der Waals surface area contributed by atoms with Crippen molar-refractivity contribution in [1.29, 1.82) is 0 Å². The van der Waals surface area contributed by atoms with E-state index in [2.05, 4.69) is 42.5 Å². The van der Waals surface area contributed by atoms with E-state index in [1.54, 1.807) is 5.57 Å². The van der Waals surface area contributed by atoms with Crippen LogP contribution >= 0.6 is 0 Å². The maximum absolute atomic E-state index is 9.96. The minimum absolute atomic E-state index is 0.0903. The minimum atomic E-state index is -1.32. The topological polar surface area (TPSA) is 40.5 Å². The second-order valence-corrected chi connectivity index (χ2v) is 9.62. The summed E-state index contributed by atoms with van der Waals surface area (Å²) in [6.45, 7) is 0. The molecule has 6 aliphatic rings. The largest absolute Gasteiger partial charge is 0.484 e. The summed E-state index contributed by atoms with van der Waals surface area (Å²) in [6, 6.07) is 0. The zero-order valence-electron chi connectivity index (χ0n) is 16.5. The number of rotatable bonds is 1. The van der Waals surface area contributed by atoms with Crippen molar-refractivity contribution in [3.05, 3.63) is 70.3 Å². The van der Waals surface area contributed by atoms with E-state index >= 15 is 0 Å². The first-order valence-corrected chi connectivity index (χ1v) is 11.3. The van der Waals surface area contributed by atoms with Crippen LogP contribution in [0, 0.1) is 29.1 Å². The van der Waals surface area contributed by atoms with Gasteiger partial charge in [0.2, 0.25) is 0 Å². The molecule has 28 heavy (non-hydrogen) atoms. The van der Waals surface area contributed by atoms with Gasteiger partial charge in [-0.25, -0.2) is 0 Å². The van der Waals surface area contributed by atoms with Crippen molar-refractivity contribution >= 4 is 7.12 Å². The molecule has 0 radical (unpaired) electrons. The Kier molecular flexibility index (Phi) is 3.84. The molecule has 0 heterocycles. The number of hydrogen-bond acceptors (Lipinski definition) is 2. The summed E-state index contributed by atoms with van der Waals surface area (Å²) >= 11 is 0. The first-order chi connectivity index (χ1) is 13.7. The number of fused-ring (bicyclic) bond motifs is 8. The van der Waals surface area contributed by atoms with Crippen LogP contribution in [0.25, 0.3) is 0 Å². The van der Waals surface area contributed by atoms with Gasteiger partial charge in [0.05, 0.1) is 0 Å². The third kappa shape index (κ3) is 2.07. The first-order valence-electron chi connectivity index (χ1n) is 11.3. The fourth-order valence-electron chi connectivity index (χ4n) is 7.87. The molecule has 2 nitrogen and oxygen atoms in total. The van der Waals surface area contributed by atoms with Crippen molar-refractivity contribution in [3.63, 3.8) is 0 Å². The van der Waals surface area contributed by atoms with E-state index in [1.165, 1.54) is 48.8 Å². The highest BCUT2D eigenvalue weighted by Gasteiger charge is 2.64. The third-order valence-corrected chi connectivity index (χ3v) is 8.69. The van der Waals surface area contributed by atoms with E-state index in [-0.39, 0.29) is 5.41 Å². The molecule has 0 aromatic rings. The minimum Gasteiger partial charge on any atom is -0.423 e. The van der Waals surface area contributed by atoms with Gasteiger partial charge in [0.1, 0.15) is 0 Å². The molecular weight excluding hydrogens is 343 g/mol. The van der Waals surface area contributed by atoms with Gasteiger partial charge in [-0.15, -0.1) is 0 Å². The molecule has 0 saturated heterocycles. The second-order valence-electron chi connectivity index (χ2n) is 9.62. The van der Waals surface area contributed by atoms with E-state index in [1.807, 2.05) is 0 Å². The van der Waals surface area contributed by atoms with Crippen molar-refractivity contribution in [2.45, 2.75) is 51.4 Å². The highest BCUT2D eigenvalue weighted by molar-refractivity contribution is 6.50. The molecule has 5 atom stereocenters. The van der Waals surface area contributed by atoms with Gasteiger partial charge in [0, 0.05) is 5.41 Å². The molecule has 0 bridgehead atoms. The summed E-state index contributed by atoms with van der Waals surface area (Å²) in [5.74, 6) is 2.63. The van der Waals surface area contributed by atoms with Crippen molar-refractivity contribution in [2.75, 3.05) is 0 Å². The average molecular weight is 372 g/mol. The lowest BCUT2D eigenvalue weighted by molar-refractivity contribution is 0.179. The molecule has 2 N–H and O–H groups in total. The molecule has 0 aromatic heterocycles. The van der Waals surface area contributed by atoms with Crippen LogP contribution in [0.2, 0.25) is 0 Å². The van der Waals surface area contributed by atoms with E-state index < -0.39 is 7.12 Å². The molecule has 1 spiro atoms. The van der Waals surface area contributed by atoms with Crippen LogP contribution in [0.15, 0.2) is 70.3 Å². The predicted molar refractivity (Wildman–Crippen MR) is 113 cm³/mol. The van der Waals surface area contributed by atoms with Gasteiger partial charge in [-0.05, 0) is 84.4 Å². The predicted octanol–water partition coefficient (Wildman–Crippen LogP) is 4.84. The molecule has 3 heteroatoms. The molecular formula is C25H29BO2. The quantitative estimate of drug-likeness (QED) is 0.647. The Labute approximate surface area is 168 Å². The Bertz CT molecular complexity index is 900. The van der Waals surface area contributed by atoms with Gasteiger partial charge in [0.15, 0.2) is 0 Å². The highest BCUT2D eigenvalue weighted by Crippen LogP contribution is 2.72. The van der Waals surface area contributed by atoms with Crippen LogP contribution in [0.3, 0.4) is 0 Å². The lowest BCUT2D eigenvalue weighted by Crippen LogP contribution is -2.37. The van der Waals surface area contributed by atoms with Crippen molar-refractivity contribution in [1.82, 2.24) is 0 Å². The van der Waals surface area contributed by atoms with Crippen molar-refractivity contribution < 1.29 is 10.0 Å². The lowest BCUT2D eigenvalue weighted by Gasteiger charge is -2.44. The Hall–Kier alpha value is -1.58. The zero-order valence-corrected chi connectivity index (χ0v) is 16.5. The summed E-state index contributed by atoms with van der Waals surface area (Å²) in [5, 5.41) is 19.9. The van der Waals surface area contributed by atoms with Crippen LogP contribution in [0.5, 0.6) is 0 Å². The SMILES string of the molecule is OB(O)C1=CC2=C(CC1)C1=C(CCC=C1)C21C2C=CC=CC2C2CCCCC21. The average Bonchev–Trinajstić information content (AvgIpc) is 3.21. The van der Waals surface area contributed by atoms with Crippen molar-refractivity contribution in [2.24, 2.45) is 29.1 Å². The van der Waals surface area contributed by atoms with Gasteiger partial charge in [-0.2, -0.15) is 0 Å². The Morgan fingerprint density at radius 2 is 1.86 bits per heavy atom. The van der Waals surface area contributed by atoms with E-state index in [9.17, 15) is 10.0 Å². The van der Waals surface area contributed by atoms with Crippen LogP contribution in [0.1, 0.15) is 51.4 Å². The number of allylic oxidation sites excluding steroid dienone is 12. The molecule has 0 aliphatic heterocycles. The Morgan fingerprint density at radius 1 is 1.00 bits per heavy atom. The van der Waals surface area contributed by atoms with E-state index in [4.69, 9.17) is 0 Å². The van der Waals surface area contributed by atoms with Crippen LogP contribution < -0.4 is 0 Å². The summed E-state index contributed by atoms with van der Waals surface area (Å²) in [5.41, 5.74) is 7.08. The molecule has 2 saturated carbocycles. The van der Waals surface area contributed by atoms with Crippen LogP contribution in [-0.2, 0) is 0 Å². The fraction of sp³-hybridized carbons (Fsp3) is 0.520. The lowest BCUT2D eigenvalue weighted by atomic mass is 9.57. The Balaban J connectivity index is 1.62. The smallest absolute Gasteiger partial charge is 0.423 e. The summed E-state index contributed by atoms with van der Waals surface area (Å²) < 4.78 is 0.